The van der Waals surface area contributed by atoms with Gasteiger partial charge in [-0.2, -0.15) is 15.5 Å². The van der Waals surface area contributed by atoms with Gasteiger partial charge in [0.25, 0.3) is 5.91 Å². The Bertz CT molecular complexity index is 1240. The molecule has 10 heteroatoms. The normalized spacial score (nSPS) is 11.6. The van der Waals surface area contributed by atoms with Crippen molar-refractivity contribution in [3.63, 3.8) is 0 Å². The molecule has 1 unspecified atom stereocenters. The van der Waals surface area contributed by atoms with Crippen LogP contribution in [0.5, 0.6) is 0 Å². The van der Waals surface area contributed by atoms with E-state index in [-0.39, 0.29) is 17.6 Å². The van der Waals surface area contributed by atoms with E-state index in [0.717, 1.165) is 11.3 Å². The summed E-state index contributed by atoms with van der Waals surface area (Å²) in [5, 5.41) is 28.9. The van der Waals surface area contributed by atoms with E-state index >= 15 is 0 Å². The van der Waals surface area contributed by atoms with E-state index in [4.69, 9.17) is 16.9 Å². The number of amides is 1. The molecule has 1 atom stereocenters. The van der Waals surface area contributed by atoms with Gasteiger partial charge in [-0.25, -0.2) is 4.68 Å². The first-order chi connectivity index (χ1) is 15.0. The molecule has 0 saturated carbocycles. The van der Waals surface area contributed by atoms with Gasteiger partial charge in [-0.3, -0.25) is 9.48 Å². The molecule has 0 saturated heterocycles. The third kappa shape index (κ3) is 4.60. The second-order valence-electron chi connectivity index (χ2n) is 6.83. The minimum atomic E-state index is -0.321. The maximum absolute atomic E-state index is 12.5. The number of halogens is 1. The van der Waals surface area contributed by atoms with Crippen molar-refractivity contribution in [1.29, 1.82) is 5.26 Å². The molecule has 0 radical (unpaired) electrons. The van der Waals surface area contributed by atoms with Crippen molar-refractivity contribution >= 4 is 17.5 Å². The van der Waals surface area contributed by atoms with Crippen molar-refractivity contribution in [2.75, 3.05) is 0 Å². The number of hydrogen-bond donors (Lipinski definition) is 1. The zero-order chi connectivity index (χ0) is 21.8. The second kappa shape index (κ2) is 8.77. The summed E-state index contributed by atoms with van der Waals surface area (Å²) in [6.45, 7) is 2.35. The van der Waals surface area contributed by atoms with Crippen LogP contribution >= 0.6 is 11.6 Å². The Morgan fingerprint density at radius 2 is 2.10 bits per heavy atom. The fourth-order valence-electron chi connectivity index (χ4n) is 2.98. The van der Waals surface area contributed by atoms with E-state index in [0.29, 0.717) is 22.9 Å². The Kier molecular flexibility index (Phi) is 5.73. The number of nitrogens with one attached hydrogen (secondary N) is 1. The SMILES string of the molecule is CC(Cn1ccc(-c2ccc(C#N)c(Cl)c2)n1)NC(=O)c1ccc(-n2cccn2)nn1. The lowest BCUT2D eigenvalue weighted by atomic mass is 10.1. The molecule has 3 heterocycles. The summed E-state index contributed by atoms with van der Waals surface area (Å²) in [5.41, 5.74) is 2.18. The van der Waals surface area contributed by atoms with Gasteiger partial charge in [-0.05, 0) is 43.3 Å². The third-order valence-corrected chi connectivity index (χ3v) is 4.80. The van der Waals surface area contributed by atoms with Crippen molar-refractivity contribution < 1.29 is 4.79 Å². The number of carbonyl (C=O) groups is 1. The predicted octanol–water partition coefficient (Wildman–Crippen LogP) is 2.87. The number of rotatable bonds is 6. The summed E-state index contributed by atoms with van der Waals surface area (Å²) in [5.74, 6) is 0.208. The van der Waals surface area contributed by atoms with E-state index in [2.05, 4.69) is 25.7 Å². The molecule has 0 aliphatic heterocycles. The standard InChI is InChI=1S/C21H17ClN8O/c1-14(25-21(31)19-5-6-20(27-26-19)30-9-2-8-24-30)13-29-10-7-18(28-29)15-3-4-16(12-23)17(22)11-15/h2-11,14H,13H2,1H3,(H,25,31). The van der Waals surface area contributed by atoms with Crippen LogP contribution in [0.1, 0.15) is 23.0 Å². The van der Waals surface area contributed by atoms with Gasteiger partial charge in [0.1, 0.15) is 6.07 Å². The number of carbonyl (C=O) groups excluding carboxylic acids is 1. The number of benzene rings is 1. The van der Waals surface area contributed by atoms with E-state index in [1.165, 1.54) is 0 Å². The molecule has 1 N–H and O–H groups in total. The van der Waals surface area contributed by atoms with Crippen LogP contribution in [0.3, 0.4) is 0 Å². The Morgan fingerprint density at radius 3 is 2.77 bits per heavy atom. The van der Waals surface area contributed by atoms with Crippen molar-refractivity contribution in [3.05, 3.63) is 77.3 Å². The van der Waals surface area contributed by atoms with Crippen LogP contribution in [0, 0.1) is 11.3 Å². The van der Waals surface area contributed by atoms with Crippen molar-refractivity contribution in [3.8, 4) is 23.1 Å². The number of hydrogen-bond acceptors (Lipinski definition) is 6. The molecule has 1 aromatic carbocycles. The maximum atomic E-state index is 12.5. The summed E-state index contributed by atoms with van der Waals surface area (Å²) in [4.78, 5) is 12.5. The van der Waals surface area contributed by atoms with Gasteiger partial charge in [-0.1, -0.05) is 17.7 Å². The Labute approximate surface area is 182 Å². The zero-order valence-corrected chi connectivity index (χ0v) is 17.2. The molecule has 31 heavy (non-hydrogen) atoms. The minimum absolute atomic E-state index is 0.197. The van der Waals surface area contributed by atoms with Gasteiger partial charge in [0, 0.05) is 30.2 Å². The van der Waals surface area contributed by atoms with Crippen LogP contribution in [0.25, 0.3) is 17.1 Å². The van der Waals surface area contributed by atoms with Crippen LogP contribution in [-0.4, -0.2) is 41.7 Å². The van der Waals surface area contributed by atoms with Crippen LogP contribution in [0.15, 0.2) is 61.1 Å². The number of aromatic nitrogens is 6. The lowest BCUT2D eigenvalue weighted by Gasteiger charge is -2.13. The largest absolute Gasteiger partial charge is 0.346 e. The van der Waals surface area contributed by atoms with Crippen LogP contribution in [0.2, 0.25) is 5.02 Å². The van der Waals surface area contributed by atoms with E-state index in [1.807, 2.05) is 25.3 Å². The smallest absolute Gasteiger partial charge is 0.272 e. The van der Waals surface area contributed by atoms with Gasteiger partial charge >= 0.3 is 0 Å². The Hall–Kier alpha value is -4.03. The topological polar surface area (TPSA) is 114 Å². The van der Waals surface area contributed by atoms with Crippen molar-refractivity contribution in [2.45, 2.75) is 19.5 Å². The summed E-state index contributed by atoms with van der Waals surface area (Å²) in [6, 6.07) is 13.9. The zero-order valence-electron chi connectivity index (χ0n) is 16.5. The maximum Gasteiger partial charge on any atom is 0.272 e. The highest BCUT2D eigenvalue weighted by atomic mass is 35.5. The van der Waals surface area contributed by atoms with Crippen molar-refractivity contribution in [1.82, 2.24) is 35.1 Å². The molecule has 0 aliphatic carbocycles. The summed E-state index contributed by atoms with van der Waals surface area (Å²) >= 11 is 6.10. The van der Waals surface area contributed by atoms with Crippen LogP contribution in [-0.2, 0) is 6.54 Å². The van der Waals surface area contributed by atoms with E-state index in [1.54, 1.807) is 58.2 Å². The molecule has 3 aromatic heterocycles. The lowest BCUT2D eigenvalue weighted by Crippen LogP contribution is -2.36. The van der Waals surface area contributed by atoms with Crippen LogP contribution in [0.4, 0.5) is 0 Å². The average molecular weight is 433 g/mol. The van der Waals surface area contributed by atoms with Crippen molar-refractivity contribution in [2.24, 2.45) is 0 Å². The second-order valence-corrected chi connectivity index (χ2v) is 7.24. The van der Waals surface area contributed by atoms with Gasteiger partial charge < -0.3 is 5.32 Å². The molecule has 4 aromatic rings. The fraction of sp³-hybridized carbons (Fsp3) is 0.143. The van der Waals surface area contributed by atoms with Gasteiger partial charge in [0.2, 0.25) is 0 Å². The lowest BCUT2D eigenvalue weighted by molar-refractivity contribution is 0.0930. The van der Waals surface area contributed by atoms with Gasteiger partial charge in [0.15, 0.2) is 11.5 Å². The molecule has 0 aliphatic rings. The van der Waals surface area contributed by atoms with E-state index < -0.39 is 0 Å². The first-order valence-electron chi connectivity index (χ1n) is 9.41. The molecular formula is C21H17ClN8O. The summed E-state index contributed by atoms with van der Waals surface area (Å²) in [7, 11) is 0. The summed E-state index contributed by atoms with van der Waals surface area (Å²) < 4.78 is 3.30. The average Bonchev–Trinajstić information content (AvgIpc) is 3.46. The molecule has 0 fully saturated rings. The quantitative estimate of drug-likeness (QED) is 0.501. The molecule has 0 spiro atoms. The predicted molar refractivity (Wildman–Crippen MR) is 113 cm³/mol. The molecule has 154 valence electrons. The number of nitriles is 1. The van der Waals surface area contributed by atoms with Gasteiger partial charge in [0.05, 0.1) is 22.8 Å². The first-order valence-corrected chi connectivity index (χ1v) is 9.79. The molecule has 4 rings (SSSR count). The first kappa shape index (κ1) is 20.3. The molecule has 0 bridgehead atoms. The number of nitrogens with zero attached hydrogens (tertiary/aromatic N) is 7. The Morgan fingerprint density at radius 1 is 1.23 bits per heavy atom. The minimum Gasteiger partial charge on any atom is -0.346 e. The highest BCUT2D eigenvalue weighted by Gasteiger charge is 2.14. The molecular weight excluding hydrogens is 416 g/mol. The monoisotopic (exact) mass is 432 g/mol. The summed E-state index contributed by atoms with van der Waals surface area (Å²) in [6.07, 6.45) is 5.21. The molecule has 9 nitrogen and oxygen atoms in total. The van der Waals surface area contributed by atoms with Crippen LogP contribution < -0.4 is 5.32 Å². The highest BCUT2D eigenvalue weighted by molar-refractivity contribution is 6.32. The molecule has 1 amide bonds. The Balaban J connectivity index is 1.38. The third-order valence-electron chi connectivity index (χ3n) is 4.49. The van der Waals surface area contributed by atoms with Gasteiger partial charge in [-0.15, -0.1) is 10.2 Å². The highest BCUT2D eigenvalue weighted by Crippen LogP contribution is 2.24. The van der Waals surface area contributed by atoms with E-state index in [9.17, 15) is 4.79 Å². The fourth-order valence-corrected chi connectivity index (χ4v) is 3.20.